The zero-order chi connectivity index (χ0) is 14.8. The van der Waals surface area contributed by atoms with Gasteiger partial charge in [-0.3, -0.25) is 4.79 Å². The van der Waals surface area contributed by atoms with E-state index >= 15 is 0 Å². The van der Waals surface area contributed by atoms with Crippen molar-refractivity contribution < 1.29 is 14.3 Å². The van der Waals surface area contributed by atoms with Crippen molar-refractivity contribution >= 4 is 12.0 Å². The second kappa shape index (κ2) is 5.85. The Morgan fingerprint density at radius 3 is 2.25 bits per heavy atom. The highest BCUT2D eigenvalue weighted by Gasteiger charge is 2.32. The van der Waals surface area contributed by atoms with Crippen LogP contribution in [0.25, 0.3) is 0 Å². The minimum absolute atomic E-state index is 0.0956. The molecule has 0 bridgehead atoms. The molecule has 0 atom stereocenters. The second-order valence-electron chi connectivity index (χ2n) is 6.54. The lowest BCUT2D eigenvalue weighted by Gasteiger charge is -2.38. The molecule has 2 fully saturated rings. The molecule has 0 N–H and O–H groups in total. The summed E-state index contributed by atoms with van der Waals surface area (Å²) < 4.78 is 5.28. The Labute approximate surface area is 120 Å². The summed E-state index contributed by atoms with van der Waals surface area (Å²) in [5.74, 6) is 0.368. The van der Waals surface area contributed by atoms with E-state index in [1.54, 1.807) is 11.0 Å². The number of likely N-dealkylation sites (tertiary alicyclic amines) is 2. The number of hydrogen-bond donors (Lipinski definition) is 0. The molecule has 0 aromatic rings. The van der Waals surface area contributed by atoms with Gasteiger partial charge >= 0.3 is 6.09 Å². The fourth-order valence-corrected chi connectivity index (χ4v) is 2.37. The van der Waals surface area contributed by atoms with Gasteiger partial charge in [0.05, 0.1) is 0 Å². The highest BCUT2D eigenvalue weighted by atomic mass is 16.6. The maximum atomic E-state index is 11.8. The molecule has 0 radical (unpaired) electrons. The van der Waals surface area contributed by atoms with Gasteiger partial charge in [0.2, 0.25) is 5.91 Å². The number of hydrogen-bond acceptors (Lipinski definition) is 3. The largest absolute Gasteiger partial charge is 0.444 e. The standard InChI is InChI=1S/C15H24N2O3/c1-15(2,3)20-14(19)17-10-12(11-17)6-7-13(18)16-8-4-5-9-16/h6-7,12H,4-5,8-11H2,1-3H3/b7-6+. The fourth-order valence-electron chi connectivity index (χ4n) is 2.37. The number of ether oxygens (including phenoxy) is 1. The maximum Gasteiger partial charge on any atom is 0.410 e. The summed E-state index contributed by atoms with van der Waals surface area (Å²) in [6.07, 6.45) is 5.52. The van der Waals surface area contributed by atoms with Crippen molar-refractivity contribution in [1.82, 2.24) is 9.80 Å². The van der Waals surface area contributed by atoms with Crippen molar-refractivity contribution in [3.8, 4) is 0 Å². The predicted molar refractivity (Wildman–Crippen MR) is 76.3 cm³/mol. The molecule has 5 heteroatoms. The fraction of sp³-hybridized carbons (Fsp3) is 0.733. The van der Waals surface area contributed by atoms with Gasteiger partial charge in [0.25, 0.3) is 0 Å². The molecular formula is C15H24N2O3. The van der Waals surface area contributed by atoms with Crippen molar-refractivity contribution in [3.05, 3.63) is 12.2 Å². The number of nitrogens with zero attached hydrogens (tertiary/aromatic N) is 2. The number of amides is 2. The Balaban J connectivity index is 1.71. The first kappa shape index (κ1) is 14.9. The van der Waals surface area contributed by atoms with Crippen LogP contribution in [0.3, 0.4) is 0 Å². The van der Waals surface area contributed by atoms with Crippen molar-refractivity contribution in [3.63, 3.8) is 0 Å². The van der Waals surface area contributed by atoms with Crippen LogP contribution < -0.4 is 0 Å². The van der Waals surface area contributed by atoms with Gasteiger partial charge in [-0.15, -0.1) is 0 Å². The monoisotopic (exact) mass is 280 g/mol. The first-order valence-corrected chi connectivity index (χ1v) is 7.30. The van der Waals surface area contributed by atoms with Gasteiger partial charge in [-0.2, -0.15) is 0 Å². The molecule has 0 saturated carbocycles. The van der Waals surface area contributed by atoms with Crippen LogP contribution in [0.2, 0.25) is 0 Å². The highest BCUT2D eigenvalue weighted by Crippen LogP contribution is 2.20. The molecule has 0 spiro atoms. The molecule has 0 unspecified atom stereocenters. The molecule has 2 aliphatic rings. The lowest BCUT2D eigenvalue weighted by atomic mass is 10.0. The van der Waals surface area contributed by atoms with Gasteiger partial charge in [-0.25, -0.2) is 4.79 Å². The second-order valence-corrected chi connectivity index (χ2v) is 6.54. The van der Waals surface area contributed by atoms with Gasteiger partial charge in [-0.1, -0.05) is 6.08 Å². The number of carbonyl (C=O) groups is 2. The summed E-state index contributed by atoms with van der Waals surface area (Å²) in [7, 11) is 0. The molecule has 20 heavy (non-hydrogen) atoms. The highest BCUT2D eigenvalue weighted by molar-refractivity contribution is 5.87. The van der Waals surface area contributed by atoms with E-state index in [0.29, 0.717) is 13.1 Å². The van der Waals surface area contributed by atoms with E-state index in [-0.39, 0.29) is 17.9 Å². The van der Waals surface area contributed by atoms with Crippen LogP contribution in [0.1, 0.15) is 33.6 Å². The van der Waals surface area contributed by atoms with E-state index in [9.17, 15) is 9.59 Å². The maximum absolute atomic E-state index is 11.8. The summed E-state index contributed by atoms with van der Waals surface area (Å²) >= 11 is 0. The molecule has 0 aromatic carbocycles. The molecule has 0 aliphatic carbocycles. The van der Waals surface area contributed by atoms with Crippen LogP contribution in [0, 0.1) is 5.92 Å². The Bertz CT molecular complexity index is 400. The van der Waals surface area contributed by atoms with E-state index in [4.69, 9.17) is 4.74 Å². The molecule has 112 valence electrons. The van der Waals surface area contributed by atoms with Gasteiger partial charge < -0.3 is 14.5 Å². The lowest BCUT2D eigenvalue weighted by Crippen LogP contribution is -2.50. The zero-order valence-electron chi connectivity index (χ0n) is 12.6. The van der Waals surface area contributed by atoms with E-state index in [2.05, 4.69) is 0 Å². The third kappa shape index (κ3) is 3.99. The average Bonchev–Trinajstić information content (AvgIpc) is 2.77. The van der Waals surface area contributed by atoms with Crippen LogP contribution in [0.5, 0.6) is 0 Å². The van der Waals surface area contributed by atoms with Gasteiger partial charge in [0.1, 0.15) is 5.60 Å². The van der Waals surface area contributed by atoms with E-state index in [1.807, 2.05) is 31.7 Å². The normalized spacial score (nSPS) is 20.4. The minimum atomic E-state index is -0.455. The Kier molecular flexibility index (Phi) is 4.35. The quantitative estimate of drug-likeness (QED) is 0.727. The van der Waals surface area contributed by atoms with E-state index in [1.165, 1.54) is 0 Å². The first-order chi connectivity index (χ1) is 9.35. The third-order valence-corrected chi connectivity index (χ3v) is 3.49. The van der Waals surface area contributed by atoms with Crippen molar-refractivity contribution in [2.24, 2.45) is 5.92 Å². The molecular weight excluding hydrogens is 256 g/mol. The van der Waals surface area contributed by atoms with Crippen LogP contribution in [-0.4, -0.2) is 53.6 Å². The number of carbonyl (C=O) groups excluding carboxylic acids is 2. The Hall–Kier alpha value is -1.52. The lowest BCUT2D eigenvalue weighted by molar-refractivity contribution is -0.125. The minimum Gasteiger partial charge on any atom is -0.444 e. The SMILES string of the molecule is CC(C)(C)OC(=O)N1CC(/C=C/C(=O)N2CCCC2)C1. The first-order valence-electron chi connectivity index (χ1n) is 7.30. The van der Waals surface area contributed by atoms with Gasteiger partial charge in [-0.05, 0) is 39.7 Å². The van der Waals surface area contributed by atoms with Crippen molar-refractivity contribution in [1.29, 1.82) is 0 Å². The average molecular weight is 280 g/mol. The summed E-state index contributed by atoms with van der Waals surface area (Å²) in [6, 6.07) is 0. The smallest absolute Gasteiger partial charge is 0.410 e. The molecule has 2 aliphatic heterocycles. The predicted octanol–water partition coefficient (Wildman–Crippen LogP) is 2.03. The molecule has 2 amide bonds. The van der Waals surface area contributed by atoms with Crippen LogP contribution >= 0.6 is 0 Å². The number of rotatable bonds is 2. The molecule has 0 aromatic heterocycles. The van der Waals surface area contributed by atoms with Gasteiger partial charge in [0, 0.05) is 32.1 Å². The summed E-state index contributed by atoms with van der Waals surface area (Å²) in [5.41, 5.74) is -0.455. The third-order valence-electron chi connectivity index (χ3n) is 3.49. The van der Waals surface area contributed by atoms with E-state index in [0.717, 1.165) is 25.9 Å². The van der Waals surface area contributed by atoms with Crippen molar-refractivity contribution in [2.75, 3.05) is 26.2 Å². The molecule has 2 saturated heterocycles. The summed E-state index contributed by atoms with van der Waals surface area (Å²) in [5, 5.41) is 0. The van der Waals surface area contributed by atoms with E-state index < -0.39 is 5.60 Å². The molecule has 5 nitrogen and oxygen atoms in total. The summed E-state index contributed by atoms with van der Waals surface area (Å²) in [4.78, 5) is 27.1. The van der Waals surface area contributed by atoms with Gasteiger partial charge in [0.15, 0.2) is 0 Å². The Morgan fingerprint density at radius 2 is 1.70 bits per heavy atom. The summed E-state index contributed by atoms with van der Waals surface area (Å²) in [6.45, 7) is 8.59. The van der Waals surface area contributed by atoms with Crippen LogP contribution in [0.15, 0.2) is 12.2 Å². The van der Waals surface area contributed by atoms with Crippen LogP contribution in [-0.2, 0) is 9.53 Å². The molecule has 2 heterocycles. The Morgan fingerprint density at radius 1 is 1.10 bits per heavy atom. The van der Waals surface area contributed by atoms with Crippen LogP contribution in [0.4, 0.5) is 4.79 Å². The zero-order valence-corrected chi connectivity index (χ0v) is 12.6. The topological polar surface area (TPSA) is 49.9 Å². The molecule has 2 rings (SSSR count). The van der Waals surface area contributed by atoms with Crippen molar-refractivity contribution in [2.45, 2.75) is 39.2 Å².